The normalized spacial score (nSPS) is 19.2. The lowest BCUT2D eigenvalue weighted by Gasteiger charge is -2.21. The van der Waals surface area contributed by atoms with E-state index in [1.165, 1.54) is 0 Å². The Balaban J connectivity index is 1.79. The molecule has 0 aromatic heterocycles. The average Bonchev–Trinajstić information content (AvgIpc) is 2.88. The Hall–Kier alpha value is -1.76. The minimum atomic E-state index is -0.416. The molecule has 2 aromatic rings. The SMILES string of the molecule is CC1=C2c3ccc(Br)cc3C(Nc3cccc(Cl)c3F)CCN2NN1. The maximum absolute atomic E-state index is 14.4. The first kappa shape index (κ1) is 16.7. The van der Waals surface area contributed by atoms with Crippen molar-refractivity contribution in [1.82, 2.24) is 16.0 Å². The molecule has 0 amide bonds. The summed E-state index contributed by atoms with van der Waals surface area (Å²) in [6, 6.07) is 11.2. The molecular weight excluding hydrogens is 407 g/mol. The van der Waals surface area contributed by atoms with Crippen LogP contribution in [0.25, 0.3) is 5.70 Å². The number of nitrogens with zero attached hydrogens (tertiary/aromatic N) is 1. The largest absolute Gasteiger partial charge is 0.376 e. The van der Waals surface area contributed by atoms with Gasteiger partial charge in [0.05, 0.1) is 28.1 Å². The fourth-order valence-corrected chi connectivity index (χ4v) is 3.94. The molecule has 0 bridgehead atoms. The minimum Gasteiger partial charge on any atom is -0.376 e. The molecule has 3 N–H and O–H groups in total. The summed E-state index contributed by atoms with van der Waals surface area (Å²) in [5.74, 6) is -0.416. The molecule has 4 rings (SSSR count). The van der Waals surface area contributed by atoms with Gasteiger partial charge < -0.3 is 10.7 Å². The number of hydrogen-bond acceptors (Lipinski definition) is 4. The second-order valence-electron chi connectivity index (χ2n) is 6.18. The Morgan fingerprint density at radius 3 is 3.00 bits per heavy atom. The van der Waals surface area contributed by atoms with Crippen molar-refractivity contribution in [1.29, 1.82) is 0 Å². The highest BCUT2D eigenvalue weighted by Gasteiger charge is 2.30. The Labute approximate surface area is 159 Å². The van der Waals surface area contributed by atoms with Crippen LogP contribution in [0.5, 0.6) is 0 Å². The lowest BCUT2D eigenvalue weighted by atomic mass is 9.97. The zero-order valence-electron chi connectivity index (χ0n) is 13.5. The molecule has 2 aliphatic heterocycles. The third-order valence-electron chi connectivity index (χ3n) is 4.57. The maximum atomic E-state index is 14.4. The van der Waals surface area contributed by atoms with Gasteiger partial charge in [0, 0.05) is 16.6 Å². The molecule has 0 saturated carbocycles. The second kappa shape index (κ2) is 6.52. The van der Waals surface area contributed by atoms with Gasteiger partial charge in [0.15, 0.2) is 5.82 Å². The van der Waals surface area contributed by atoms with Crippen molar-refractivity contribution in [2.24, 2.45) is 0 Å². The van der Waals surface area contributed by atoms with Crippen LogP contribution in [0, 0.1) is 5.82 Å². The van der Waals surface area contributed by atoms with Crippen LogP contribution in [0.15, 0.2) is 46.6 Å². The van der Waals surface area contributed by atoms with Crippen LogP contribution in [0.4, 0.5) is 10.1 Å². The summed E-state index contributed by atoms with van der Waals surface area (Å²) in [5, 5.41) is 5.56. The third-order valence-corrected chi connectivity index (χ3v) is 5.36. The van der Waals surface area contributed by atoms with Gasteiger partial charge in [-0.1, -0.05) is 39.7 Å². The van der Waals surface area contributed by atoms with Crippen LogP contribution in [0.3, 0.4) is 0 Å². The molecule has 4 nitrogen and oxygen atoms in total. The monoisotopic (exact) mass is 422 g/mol. The molecule has 0 aliphatic carbocycles. The summed E-state index contributed by atoms with van der Waals surface area (Å²) in [5.41, 5.74) is 11.2. The van der Waals surface area contributed by atoms with E-state index in [9.17, 15) is 4.39 Å². The highest BCUT2D eigenvalue weighted by molar-refractivity contribution is 9.10. The molecule has 1 unspecified atom stereocenters. The molecule has 25 heavy (non-hydrogen) atoms. The van der Waals surface area contributed by atoms with E-state index in [4.69, 9.17) is 11.6 Å². The van der Waals surface area contributed by atoms with E-state index in [1.54, 1.807) is 18.2 Å². The fourth-order valence-electron chi connectivity index (χ4n) is 3.39. The molecule has 1 atom stereocenters. The molecule has 7 heteroatoms. The van der Waals surface area contributed by atoms with Crippen molar-refractivity contribution in [3.05, 3.63) is 68.5 Å². The van der Waals surface area contributed by atoms with Gasteiger partial charge >= 0.3 is 0 Å². The zero-order valence-corrected chi connectivity index (χ0v) is 15.9. The van der Waals surface area contributed by atoms with Crippen LogP contribution in [-0.2, 0) is 0 Å². The number of allylic oxidation sites excluding steroid dienone is 1. The Kier molecular flexibility index (Phi) is 4.35. The lowest BCUT2D eigenvalue weighted by Crippen LogP contribution is -2.38. The molecule has 0 fully saturated rings. The molecular formula is C18H17BrClFN4. The summed E-state index contributed by atoms with van der Waals surface area (Å²) in [6.07, 6.45) is 0.806. The number of halogens is 3. The molecule has 2 heterocycles. The van der Waals surface area contributed by atoms with E-state index in [2.05, 4.69) is 49.3 Å². The van der Waals surface area contributed by atoms with Gasteiger partial charge in [-0.05, 0) is 43.2 Å². The first-order chi connectivity index (χ1) is 12.0. The molecule has 0 radical (unpaired) electrons. The van der Waals surface area contributed by atoms with Crippen LogP contribution in [-0.4, -0.2) is 11.6 Å². The minimum absolute atomic E-state index is 0.0341. The van der Waals surface area contributed by atoms with E-state index in [-0.39, 0.29) is 11.1 Å². The van der Waals surface area contributed by atoms with Gasteiger partial charge in [0.25, 0.3) is 0 Å². The van der Waals surface area contributed by atoms with E-state index >= 15 is 0 Å². The molecule has 2 aliphatic rings. The van der Waals surface area contributed by atoms with Crippen molar-refractivity contribution in [3.8, 4) is 0 Å². The predicted octanol–water partition coefficient (Wildman–Crippen LogP) is 4.81. The average molecular weight is 424 g/mol. The standard InChI is InChI=1S/C18H17BrClFN4/c1-10-18-12-6-5-11(19)9-13(12)15(7-8-25(18)24-23-10)22-16-4-2-3-14(20)17(16)21/h2-6,9,15,22-24H,7-8H2,1H3. The van der Waals surface area contributed by atoms with Crippen LogP contribution >= 0.6 is 27.5 Å². The quantitative estimate of drug-likeness (QED) is 0.648. The summed E-state index contributed by atoms with van der Waals surface area (Å²) in [6.45, 7) is 2.82. The van der Waals surface area contributed by atoms with E-state index in [1.807, 2.05) is 13.0 Å². The van der Waals surface area contributed by atoms with Gasteiger partial charge in [0.2, 0.25) is 0 Å². The first-order valence-electron chi connectivity index (χ1n) is 8.05. The van der Waals surface area contributed by atoms with Crippen molar-refractivity contribution >= 4 is 38.9 Å². The lowest BCUT2D eigenvalue weighted by molar-refractivity contribution is 0.281. The number of fused-ring (bicyclic) bond motifs is 3. The van der Waals surface area contributed by atoms with Gasteiger partial charge in [-0.2, -0.15) is 0 Å². The van der Waals surface area contributed by atoms with E-state index in [0.717, 1.165) is 40.0 Å². The highest BCUT2D eigenvalue weighted by atomic mass is 79.9. The van der Waals surface area contributed by atoms with Crippen molar-refractivity contribution in [2.75, 3.05) is 11.9 Å². The van der Waals surface area contributed by atoms with E-state index in [0.29, 0.717) is 5.69 Å². The molecule has 130 valence electrons. The highest BCUT2D eigenvalue weighted by Crippen LogP contribution is 2.38. The number of benzene rings is 2. The topological polar surface area (TPSA) is 39.3 Å². The van der Waals surface area contributed by atoms with Crippen LogP contribution < -0.4 is 16.3 Å². The predicted molar refractivity (Wildman–Crippen MR) is 102 cm³/mol. The number of hydrazine groups is 2. The molecule has 2 aromatic carbocycles. The van der Waals surface area contributed by atoms with Crippen LogP contribution in [0.2, 0.25) is 5.02 Å². The smallest absolute Gasteiger partial charge is 0.164 e. The third kappa shape index (κ3) is 2.99. The number of nitrogens with one attached hydrogen (secondary N) is 3. The summed E-state index contributed by atoms with van der Waals surface area (Å²) in [4.78, 5) is 0. The van der Waals surface area contributed by atoms with E-state index < -0.39 is 5.82 Å². The summed E-state index contributed by atoms with van der Waals surface area (Å²) in [7, 11) is 0. The molecule has 0 saturated heterocycles. The van der Waals surface area contributed by atoms with Crippen LogP contribution in [0.1, 0.15) is 30.5 Å². The number of rotatable bonds is 2. The Morgan fingerprint density at radius 1 is 1.32 bits per heavy atom. The second-order valence-corrected chi connectivity index (χ2v) is 7.50. The van der Waals surface area contributed by atoms with Gasteiger partial charge in [0.1, 0.15) is 0 Å². The summed E-state index contributed by atoms with van der Waals surface area (Å²) < 4.78 is 15.4. The zero-order chi connectivity index (χ0) is 17.6. The number of hydrogen-bond donors (Lipinski definition) is 3. The van der Waals surface area contributed by atoms with Gasteiger partial charge in [-0.15, -0.1) is 5.53 Å². The van der Waals surface area contributed by atoms with Crippen molar-refractivity contribution in [3.63, 3.8) is 0 Å². The Bertz CT molecular complexity index is 870. The van der Waals surface area contributed by atoms with Crippen molar-refractivity contribution in [2.45, 2.75) is 19.4 Å². The summed E-state index contributed by atoms with van der Waals surface area (Å²) >= 11 is 9.49. The number of anilines is 1. The Morgan fingerprint density at radius 2 is 2.16 bits per heavy atom. The van der Waals surface area contributed by atoms with Gasteiger partial charge in [-0.25, -0.2) is 4.39 Å². The maximum Gasteiger partial charge on any atom is 0.164 e. The first-order valence-corrected chi connectivity index (χ1v) is 9.22. The molecule has 0 spiro atoms. The fraction of sp³-hybridized carbons (Fsp3) is 0.222. The van der Waals surface area contributed by atoms with Crippen molar-refractivity contribution < 1.29 is 4.39 Å². The van der Waals surface area contributed by atoms with Gasteiger partial charge in [-0.3, -0.25) is 5.01 Å².